The molecule has 2 aromatic carbocycles. The average molecular weight is 548 g/mol. The second-order valence-electron chi connectivity index (χ2n) is 10.4. The van der Waals surface area contributed by atoms with E-state index in [0.717, 1.165) is 30.5 Å². The number of carbonyl (C=O) groups excluding carboxylic acids is 1. The third-order valence-corrected chi connectivity index (χ3v) is 8.18. The van der Waals surface area contributed by atoms with Gasteiger partial charge in [-0.05, 0) is 67.0 Å². The smallest absolute Gasteiger partial charge is 0.332 e. The Kier molecular flexibility index (Phi) is 8.01. The van der Waals surface area contributed by atoms with Crippen molar-refractivity contribution in [3.05, 3.63) is 82.7 Å². The fourth-order valence-electron chi connectivity index (χ4n) is 4.38. The predicted octanol–water partition coefficient (Wildman–Crippen LogP) is 5.89. The van der Waals surface area contributed by atoms with Gasteiger partial charge in [0.05, 0.1) is 29.8 Å². The van der Waals surface area contributed by atoms with E-state index in [0.29, 0.717) is 30.3 Å². The molecule has 0 saturated heterocycles. The number of rotatable bonds is 10. The van der Waals surface area contributed by atoms with Gasteiger partial charge in [0.15, 0.2) is 0 Å². The lowest BCUT2D eigenvalue weighted by atomic mass is 10.1. The molecule has 0 bridgehead atoms. The molecule has 3 aromatic rings. The van der Waals surface area contributed by atoms with Crippen LogP contribution in [0.3, 0.4) is 0 Å². The molecule has 1 heterocycles. The summed E-state index contributed by atoms with van der Waals surface area (Å²) in [4.78, 5) is 19.3. The lowest BCUT2D eigenvalue weighted by molar-refractivity contribution is -0.137. The Morgan fingerprint density at radius 3 is 2.34 bits per heavy atom. The standard InChI is InChI=1S/C28H32F3N3O3S/c1-19(2)15-34-25(14-32-27(34)38(36,37)18-23-7-5-4-6-20(23)3)17-33(16-21-8-9-21)26(35)22-10-12-24(13-11-22)28(29,30)31/h4-7,10-14,19,21H,8-9,15-18H2,1-3H3. The van der Waals surface area contributed by atoms with E-state index in [4.69, 9.17) is 0 Å². The first-order valence-corrected chi connectivity index (χ1v) is 14.3. The Labute approximate surface area is 221 Å². The molecule has 0 atom stereocenters. The predicted molar refractivity (Wildman–Crippen MR) is 138 cm³/mol. The summed E-state index contributed by atoms with van der Waals surface area (Å²) in [5, 5.41) is -0.0437. The third-order valence-electron chi connectivity index (χ3n) is 6.61. The van der Waals surface area contributed by atoms with Gasteiger partial charge in [0.2, 0.25) is 15.0 Å². The lowest BCUT2D eigenvalue weighted by Crippen LogP contribution is -2.33. The summed E-state index contributed by atoms with van der Waals surface area (Å²) in [5.74, 6) is -0.158. The van der Waals surface area contributed by atoms with Crippen molar-refractivity contribution >= 4 is 15.7 Å². The molecule has 38 heavy (non-hydrogen) atoms. The van der Waals surface area contributed by atoms with Crippen molar-refractivity contribution in [1.29, 1.82) is 0 Å². The SMILES string of the molecule is Cc1ccccc1CS(=O)(=O)c1ncc(CN(CC2CC2)C(=O)c2ccc(C(F)(F)F)cc2)n1CC(C)C. The first-order valence-electron chi connectivity index (χ1n) is 12.6. The minimum atomic E-state index is -4.49. The second-order valence-corrected chi connectivity index (χ2v) is 12.3. The summed E-state index contributed by atoms with van der Waals surface area (Å²) in [6.45, 7) is 6.74. The summed E-state index contributed by atoms with van der Waals surface area (Å²) >= 11 is 0. The number of sulfone groups is 1. The molecule has 0 radical (unpaired) electrons. The summed E-state index contributed by atoms with van der Waals surface area (Å²) in [7, 11) is -3.79. The van der Waals surface area contributed by atoms with E-state index >= 15 is 0 Å². The van der Waals surface area contributed by atoms with Crippen molar-refractivity contribution in [2.24, 2.45) is 11.8 Å². The molecular formula is C28H32F3N3O3S. The normalized spacial score (nSPS) is 14.2. The summed E-state index contributed by atoms with van der Waals surface area (Å²) in [5.41, 5.74) is 1.47. The number of amides is 1. The van der Waals surface area contributed by atoms with Gasteiger partial charge in [-0.2, -0.15) is 13.2 Å². The molecule has 1 fully saturated rings. The maximum atomic E-state index is 13.5. The fraction of sp³-hybridized carbons (Fsp3) is 0.429. The summed E-state index contributed by atoms with van der Waals surface area (Å²) < 4.78 is 67.6. The number of aromatic nitrogens is 2. The van der Waals surface area contributed by atoms with Crippen LogP contribution in [0.2, 0.25) is 0 Å². The molecule has 0 N–H and O–H groups in total. The molecule has 1 aromatic heterocycles. The number of hydrogen-bond acceptors (Lipinski definition) is 4. The zero-order chi connectivity index (χ0) is 27.7. The average Bonchev–Trinajstić information content (AvgIpc) is 3.58. The molecule has 0 unspecified atom stereocenters. The van der Waals surface area contributed by atoms with Gasteiger partial charge in [0, 0.05) is 18.7 Å². The molecular weight excluding hydrogens is 515 g/mol. The highest BCUT2D eigenvalue weighted by Gasteiger charge is 2.32. The Hall–Kier alpha value is -3.14. The van der Waals surface area contributed by atoms with Crippen LogP contribution in [-0.4, -0.2) is 35.3 Å². The number of nitrogens with zero attached hydrogens (tertiary/aromatic N) is 3. The zero-order valence-corrected chi connectivity index (χ0v) is 22.5. The minimum absolute atomic E-state index is 0.0437. The number of alkyl halides is 3. The second kappa shape index (κ2) is 10.9. The van der Waals surface area contributed by atoms with Gasteiger partial charge >= 0.3 is 6.18 Å². The van der Waals surface area contributed by atoms with Crippen molar-refractivity contribution in [1.82, 2.24) is 14.5 Å². The van der Waals surface area contributed by atoms with Crippen LogP contribution in [0.25, 0.3) is 0 Å². The molecule has 4 rings (SSSR count). The van der Waals surface area contributed by atoms with Crippen molar-refractivity contribution in [2.45, 2.75) is 63.8 Å². The molecule has 0 aliphatic heterocycles. The van der Waals surface area contributed by atoms with E-state index in [-0.39, 0.29) is 28.9 Å². The van der Waals surface area contributed by atoms with Crippen molar-refractivity contribution in [3.8, 4) is 0 Å². The number of benzene rings is 2. The van der Waals surface area contributed by atoms with E-state index in [1.54, 1.807) is 21.6 Å². The van der Waals surface area contributed by atoms with Gasteiger partial charge in [0.1, 0.15) is 0 Å². The first-order chi connectivity index (χ1) is 17.8. The Bertz CT molecular complexity index is 1390. The molecule has 1 amide bonds. The number of hydrogen-bond donors (Lipinski definition) is 0. The molecule has 0 spiro atoms. The summed E-state index contributed by atoms with van der Waals surface area (Å²) in [6, 6.07) is 11.5. The molecule has 1 aliphatic rings. The van der Waals surface area contributed by atoms with Crippen LogP contribution in [0.1, 0.15) is 59.4 Å². The highest BCUT2D eigenvalue weighted by Crippen LogP contribution is 2.32. The van der Waals surface area contributed by atoms with Gasteiger partial charge in [-0.15, -0.1) is 0 Å². The van der Waals surface area contributed by atoms with Gasteiger partial charge in [0.25, 0.3) is 5.91 Å². The van der Waals surface area contributed by atoms with E-state index in [2.05, 4.69) is 4.98 Å². The highest BCUT2D eigenvalue weighted by molar-refractivity contribution is 7.90. The Morgan fingerprint density at radius 2 is 1.76 bits per heavy atom. The van der Waals surface area contributed by atoms with Crippen LogP contribution < -0.4 is 0 Å². The van der Waals surface area contributed by atoms with Crippen LogP contribution in [0.5, 0.6) is 0 Å². The fourth-order valence-corrected chi connectivity index (χ4v) is 5.98. The Morgan fingerprint density at radius 1 is 1.11 bits per heavy atom. The van der Waals surface area contributed by atoms with Crippen LogP contribution in [0.15, 0.2) is 59.9 Å². The molecule has 1 saturated carbocycles. The number of aryl methyl sites for hydroxylation is 1. The lowest BCUT2D eigenvalue weighted by Gasteiger charge is -2.24. The van der Waals surface area contributed by atoms with Crippen LogP contribution in [0, 0.1) is 18.8 Å². The van der Waals surface area contributed by atoms with Gasteiger partial charge in [-0.3, -0.25) is 4.79 Å². The van der Waals surface area contributed by atoms with Crippen LogP contribution in [-0.2, 0) is 34.9 Å². The maximum absolute atomic E-state index is 13.5. The highest BCUT2D eigenvalue weighted by atomic mass is 32.2. The van der Waals surface area contributed by atoms with Crippen LogP contribution >= 0.6 is 0 Å². The van der Waals surface area contributed by atoms with E-state index < -0.39 is 27.5 Å². The van der Waals surface area contributed by atoms with Gasteiger partial charge in [-0.1, -0.05) is 38.1 Å². The summed E-state index contributed by atoms with van der Waals surface area (Å²) in [6.07, 6.45) is -1.05. The number of halogens is 3. The molecule has 1 aliphatic carbocycles. The largest absolute Gasteiger partial charge is 0.416 e. The quantitative estimate of drug-likeness (QED) is 0.317. The maximum Gasteiger partial charge on any atom is 0.416 e. The zero-order valence-electron chi connectivity index (χ0n) is 21.7. The number of carbonyl (C=O) groups is 1. The first kappa shape index (κ1) is 27.9. The van der Waals surface area contributed by atoms with Gasteiger partial charge in [-0.25, -0.2) is 13.4 Å². The minimum Gasteiger partial charge on any atom is -0.332 e. The van der Waals surface area contributed by atoms with Crippen molar-refractivity contribution < 1.29 is 26.4 Å². The van der Waals surface area contributed by atoms with E-state index in [9.17, 15) is 26.4 Å². The van der Waals surface area contributed by atoms with Crippen LogP contribution in [0.4, 0.5) is 13.2 Å². The third kappa shape index (κ3) is 6.64. The van der Waals surface area contributed by atoms with E-state index in [1.807, 2.05) is 32.9 Å². The van der Waals surface area contributed by atoms with E-state index in [1.165, 1.54) is 18.3 Å². The topological polar surface area (TPSA) is 72.3 Å². The van der Waals surface area contributed by atoms with Crippen molar-refractivity contribution in [2.75, 3.05) is 6.54 Å². The molecule has 204 valence electrons. The number of imidazole rings is 1. The van der Waals surface area contributed by atoms with Gasteiger partial charge < -0.3 is 9.47 Å². The monoisotopic (exact) mass is 547 g/mol. The molecule has 10 heteroatoms. The molecule has 6 nitrogen and oxygen atoms in total. The Balaban J connectivity index is 1.64. The van der Waals surface area contributed by atoms with Crippen molar-refractivity contribution in [3.63, 3.8) is 0 Å².